The first-order valence-corrected chi connectivity index (χ1v) is 0.816. The molecular formula is C5H3FeO4-. The second-order valence-corrected chi connectivity index (χ2v) is 0. The van der Waals surface area contributed by atoms with E-state index in [2.05, 4.69) is 26.6 Å². The van der Waals surface area contributed by atoms with Crippen LogP contribution < -0.4 is 0 Å². The van der Waals surface area contributed by atoms with Gasteiger partial charge in [-0.25, -0.2) is 0 Å². The zero-order valence-electron chi connectivity index (χ0n) is 4.99. The average Bonchev–Trinajstić information content (AvgIpc) is 2.03. The molecule has 0 aliphatic heterocycles. The zero-order chi connectivity index (χ0) is 8.00. The van der Waals surface area contributed by atoms with Gasteiger partial charge in [0.05, 0.1) is 0 Å². The van der Waals surface area contributed by atoms with Crippen LogP contribution in [0.4, 0.5) is 0 Å². The van der Waals surface area contributed by atoms with Crippen molar-refractivity contribution < 1.29 is 35.7 Å². The third-order valence-corrected chi connectivity index (χ3v) is 0. The van der Waals surface area contributed by atoms with Gasteiger partial charge in [-0.05, 0) is 0 Å². The molecule has 0 saturated heterocycles. The summed E-state index contributed by atoms with van der Waals surface area (Å²) in [5, 5.41) is 0. The van der Waals surface area contributed by atoms with E-state index < -0.39 is 0 Å². The summed E-state index contributed by atoms with van der Waals surface area (Å²) in [4.78, 5) is 0. The van der Waals surface area contributed by atoms with E-state index >= 15 is 0 Å². The van der Waals surface area contributed by atoms with Crippen molar-refractivity contribution >= 4 is 0 Å². The molecule has 5 heteroatoms. The van der Waals surface area contributed by atoms with Crippen molar-refractivity contribution in [2.45, 2.75) is 0 Å². The predicted molar refractivity (Wildman–Crippen MR) is 22.1 cm³/mol. The Morgan fingerprint density at radius 1 is 0.500 bits per heavy atom. The third kappa shape index (κ3) is 1160. The molecule has 0 atom stereocenters. The van der Waals surface area contributed by atoms with E-state index in [9.17, 15) is 0 Å². The van der Waals surface area contributed by atoms with Crippen LogP contribution in [0.2, 0.25) is 0 Å². The Bertz CT molecular complexity index is 56.6. The fourth-order valence-electron chi connectivity index (χ4n) is 0. The van der Waals surface area contributed by atoms with E-state index in [4.69, 9.17) is 18.6 Å². The topological polar surface area (TPSA) is 79.6 Å². The summed E-state index contributed by atoms with van der Waals surface area (Å²) in [5.74, 6) is 0. The standard InChI is InChI=1S/4CO.CH3.Fe/c4*1-2;;/h;;;;1H3;/q;;;;-1;. The molecule has 0 aliphatic carbocycles. The van der Waals surface area contributed by atoms with Gasteiger partial charge in [0.25, 0.3) is 0 Å². The van der Waals surface area contributed by atoms with E-state index in [-0.39, 0.29) is 24.5 Å². The Hall–Kier alpha value is -0.521. The monoisotopic (exact) mass is 183 g/mol. The predicted octanol–water partition coefficient (Wildman–Crippen LogP) is 0.298. The molecule has 0 saturated carbocycles. The van der Waals surface area contributed by atoms with Gasteiger partial charge < -0.3 is 7.43 Å². The maximum Gasteiger partial charge on any atom is 0 e. The first kappa shape index (κ1) is 56.3. The van der Waals surface area contributed by atoms with Gasteiger partial charge in [0, 0.05) is 17.1 Å². The molecule has 0 aromatic heterocycles. The summed E-state index contributed by atoms with van der Waals surface area (Å²) < 4.78 is 30.0. The van der Waals surface area contributed by atoms with Crippen molar-refractivity contribution in [3.05, 3.63) is 34.0 Å². The van der Waals surface area contributed by atoms with Crippen molar-refractivity contribution in [3.8, 4) is 0 Å². The number of hydrogen-bond donors (Lipinski definition) is 0. The molecule has 0 rings (SSSR count). The van der Waals surface area contributed by atoms with Crippen LogP contribution in [-0.2, 0) is 35.7 Å². The Morgan fingerprint density at radius 2 is 0.500 bits per heavy atom. The smallest absolute Gasteiger partial charge is 0 e. The van der Waals surface area contributed by atoms with Gasteiger partial charge in [0.1, 0.15) is 0 Å². The maximum atomic E-state index is 7.50. The fraction of sp³-hybridized carbons (Fsp3) is 0. The molecular weight excluding hydrogens is 180 g/mol. The van der Waals surface area contributed by atoms with Crippen molar-refractivity contribution in [2.75, 3.05) is 0 Å². The molecule has 0 bridgehead atoms. The summed E-state index contributed by atoms with van der Waals surface area (Å²) in [7, 11) is 0. The van der Waals surface area contributed by atoms with Crippen LogP contribution in [0.5, 0.6) is 0 Å². The van der Waals surface area contributed by atoms with Gasteiger partial charge >= 0.3 is 45.2 Å². The van der Waals surface area contributed by atoms with Gasteiger partial charge in [0.15, 0.2) is 0 Å². The van der Waals surface area contributed by atoms with Crippen molar-refractivity contribution in [3.63, 3.8) is 0 Å². The molecule has 10 heavy (non-hydrogen) atoms. The van der Waals surface area contributed by atoms with Gasteiger partial charge in [-0.3, -0.25) is 0 Å². The molecule has 0 heterocycles. The second kappa shape index (κ2) is 1750. The molecule has 0 N–H and O–H groups in total. The number of hydrogen-bond acceptors (Lipinski definition) is 0. The quantitative estimate of drug-likeness (QED) is 0.294. The van der Waals surface area contributed by atoms with E-state index in [0.717, 1.165) is 0 Å². The first-order chi connectivity index (χ1) is 4.00. The molecule has 4 nitrogen and oxygen atoms in total. The van der Waals surface area contributed by atoms with Gasteiger partial charge in [-0.2, -0.15) is 0 Å². The summed E-state index contributed by atoms with van der Waals surface area (Å²) >= 11 is 0. The zero-order valence-corrected chi connectivity index (χ0v) is 6.09. The van der Waals surface area contributed by atoms with Crippen LogP contribution in [0.1, 0.15) is 0 Å². The Balaban J connectivity index is -0.00000000500. The molecule has 0 amide bonds. The molecule has 56 valence electrons. The Kier molecular flexibility index (Phi) is 9860. The van der Waals surface area contributed by atoms with E-state index in [0.29, 0.717) is 0 Å². The van der Waals surface area contributed by atoms with E-state index in [1.54, 1.807) is 0 Å². The molecule has 0 spiro atoms. The number of rotatable bonds is 0. The first-order valence-electron chi connectivity index (χ1n) is 0.816. The molecule has 0 radical (unpaired) electrons. The minimum Gasteiger partial charge on any atom is -0.358 e. The van der Waals surface area contributed by atoms with Gasteiger partial charge in [0.2, 0.25) is 0 Å². The van der Waals surface area contributed by atoms with Gasteiger partial charge in [-0.15, -0.1) is 0 Å². The minimum absolute atomic E-state index is 0. The van der Waals surface area contributed by atoms with Crippen LogP contribution in [0.25, 0.3) is 0 Å². The second-order valence-electron chi connectivity index (χ2n) is 0. The van der Waals surface area contributed by atoms with Gasteiger partial charge in [-0.1, -0.05) is 0 Å². The molecule has 0 unspecified atom stereocenters. The summed E-state index contributed by atoms with van der Waals surface area (Å²) in [5.41, 5.74) is 0. The van der Waals surface area contributed by atoms with Crippen LogP contribution in [0.3, 0.4) is 0 Å². The van der Waals surface area contributed by atoms with Crippen molar-refractivity contribution in [2.24, 2.45) is 0 Å². The molecule has 0 aromatic carbocycles. The maximum absolute atomic E-state index is 7.50. The normalized spacial score (nSPS) is 0.800. The fourth-order valence-corrected chi connectivity index (χ4v) is 0. The molecule has 0 aliphatic rings. The SMILES string of the molecule is [C-]#[O+].[C-]#[O+].[C-]#[O+].[C-]#[O+].[CH3-].[Fe]. The Morgan fingerprint density at radius 3 is 0.500 bits per heavy atom. The van der Waals surface area contributed by atoms with Crippen LogP contribution in [0.15, 0.2) is 0 Å². The van der Waals surface area contributed by atoms with Crippen molar-refractivity contribution in [1.82, 2.24) is 0 Å². The van der Waals surface area contributed by atoms with Crippen LogP contribution in [-0.4, -0.2) is 0 Å². The largest absolute Gasteiger partial charge is 0.358 e. The minimum atomic E-state index is 0. The van der Waals surface area contributed by atoms with Crippen LogP contribution in [0, 0.1) is 34.0 Å². The summed E-state index contributed by atoms with van der Waals surface area (Å²) in [6, 6.07) is 0. The molecule has 0 aromatic rings. The van der Waals surface area contributed by atoms with E-state index in [1.165, 1.54) is 0 Å². The summed E-state index contributed by atoms with van der Waals surface area (Å²) in [6.45, 7) is 18.0. The summed E-state index contributed by atoms with van der Waals surface area (Å²) in [6.07, 6.45) is 0. The van der Waals surface area contributed by atoms with Crippen molar-refractivity contribution in [1.29, 1.82) is 0 Å². The van der Waals surface area contributed by atoms with Crippen LogP contribution >= 0.6 is 0 Å². The third-order valence-electron chi connectivity index (χ3n) is 0. The van der Waals surface area contributed by atoms with E-state index in [1.807, 2.05) is 0 Å². The average molecular weight is 183 g/mol. The molecule has 0 fully saturated rings. The Labute approximate surface area is 70.3 Å².